The zero-order chi connectivity index (χ0) is 9.84. The molecular weight excluding hydrogens is 170 g/mol. The van der Waals surface area contributed by atoms with Crippen molar-refractivity contribution in [1.29, 1.82) is 0 Å². The third-order valence-corrected chi connectivity index (χ3v) is 1.74. The maximum atomic E-state index is 10.5. The van der Waals surface area contributed by atoms with Crippen molar-refractivity contribution in [3.05, 3.63) is 23.8 Å². The van der Waals surface area contributed by atoms with Gasteiger partial charge in [0.25, 0.3) is 0 Å². The second-order valence-corrected chi connectivity index (χ2v) is 2.65. The van der Waals surface area contributed by atoms with Crippen LogP contribution in [-0.4, -0.2) is 28.1 Å². The van der Waals surface area contributed by atoms with Gasteiger partial charge in [0.15, 0.2) is 0 Å². The quantitative estimate of drug-likeness (QED) is 0.708. The van der Waals surface area contributed by atoms with Crippen molar-refractivity contribution in [3.8, 4) is 0 Å². The number of nitrogens with one attached hydrogen (secondary N) is 1. The van der Waals surface area contributed by atoms with Crippen LogP contribution >= 0.6 is 0 Å². The molecule has 0 fully saturated rings. The molecule has 0 saturated heterocycles. The zero-order valence-electron chi connectivity index (χ0n) is 7.48. The average molecular weight is 181 g/mol. The summed E-state index contributed by atoms with van der Waals surface area (Å²) >= 11 is 0. The largest absolute Gasteiger partial charge is 0.478 e. The van der Waals surface area contributed by atoms with Gasteiger partial charge in [0.05, 0.1) is 11.6 Å². The van der Waals surface area contributed by atoms with E-state index in [0.717, 1.165) is 0 Å². The maximum absolute atomic E-state index is 10.5. The Morgan fingerprint density at radius 1 is 1.54 bits per heavy atom. The molecule has 0 aliphatic carbocycles. The van der Waals surface area contributed by atoms with Gasteiger partial charge in [-0.05, 0) is 14.0 Å². The number of nitrogens with zero attached hydrogens (tertiary/aromatic N) is 2. The molecule has 1 atom stereocenters. The predicted octanol–water partition coefficient (Wildman–Crippen LogP) is 0.455. The summed E-state index contributed by atoms with van der Waals surface area (Å²) in [6.45, 7) is 1.90. The number of carbonyl (C=O) groups is 1. The van der Waals surface area contributed by atoms with E-state index in [1.165, 1.54) is 12.4 Å². The van der Waals surface area contributed by atoms with E-state index in [4.69, 9.17) is 5.11 Å². The molecule has 0 amide bonds. The molecule has 1 heterocycles. The van der Waals surface area contributed by atoms with E-state index in [0.29, 0.717) is 5.82 Å². The highest BCUT2D eigenvalue weighted by Gasteiger charge is 2.07. The fourth-order valence-electron chi connectivity index (χ4n) is 0.801. The smallest absolute Gasteiger partial charge is 0.338 e. The van der Waals surface area contributed by atoms with Crippen molar-refractivity contribution in [2.24, 2.45) is 0 Å². The van der Waals surface area contributed by atoms with Gasteiger partial charge < -0.3 is 10.4 Å². The summed E-state index contributed by atoms with van der Waals surface area (Å²) in [7, 11) is 1.79. The molecule has 1 rings (SSSR count). The van der Waals surface area contributed by atoms with Crippen LogP contribution in [-0.2, 0) is 0 Å². The molecule has 0 aromatic carbocycles. The standard InChI is InChI=1S/C8H11N3O2/c1-5(9-2)7-10-3-6(4-11-7)8(12)13/h3-5,9H,1-2H3,(H,12,13). The Bertz CT molecular complexity index is 297. The van der Waals surface area contributed by atoms with Crippen molar-refractivity contribution in [2.45, 2.75) is 13.0 Å². The molecule has 13 heavy (non-hydrogen) atoms. The van der Waals surface area contributed by atoms with E-state index in [-0.39, 0.29) is 11.6 Å². The van der Waals surface area contributed by atoms with Gasteiger partial charge in [-0.25, -0.2) is 14.8 Å². The van der Waals surface area contributed by atoms with Crippen LogP contribution in [0.2, 0.25) is 0 Å². The highest BCUT2D eigenvalue weighted by atomic mass is 16.4. The van der Waals surface area contributed by atoms with Gasteiger partial charge >= 0.3 is 5.97 Å². The van der Waals surface area contributed by atoms with Crippen molar-refractivity contribution >= 4 is 5.97 Å². The normalized spacial score (nSPS) is 12.5. The fraction of sp³-hybridized carbons (Fsp3) is 0.375. The Kier molecular flexibility index (Phi) is 2.92. The van der Waals surface area contributed by atoms with E-state index in [1.807, 2.05) is 6.92 Å². The molecule has 0 aliphatic heterocycles. The van der Waals surface area contributed by atoms with E-state index < -0.39 is 5.97 Å². The number of hydrogen-bond acceptors (Lipinski definition) is 4. The SMILES string of the molecule is CNC(C)c1ncc(C(=O)O)cn1. The Balaban J connectivity index is 2.87. The number of aromatic nitrogens is 2. The lowest BCUT2D eigenvalue weighted by Gasteiger charge is -2.07. The van der Waals surface area contributed by atoms with Crippen molar-refractivity contribution < 1.29 is 9.90 Å². The van der Waals surface area contributed by atoms with Crippen LogP contribution in [0.3, 0.4) is 0 Å². The first-order chi connectivity index (χ1) is 6.15. The van der Waals surface area contributed by atoms with Gasteiger partial charge in [-0.2, -0.15) is 0 Å². The molecule has 5 nitrogen and oxygen atoms in total. The van der Waals surface area contributed by atoms with Crippen LogP contribution in [0.4, 0.5) is 0 Å². The van der Waals surface area contributed by atoms with Crippen molar-refractivity contribution in [2.75, 3.05) is 7.05 Å². The topological polar surface area (TPSA) is 75.1 Å². The van der Waals surface area contributed by atoms with Gasteiger partial charge in [-0.3, -0.25) is 0 Å². The number of carboxylic acids is 1. The Hall–Kier alpha value is -1.49. The van der Waals surface area contributed by atoms with Gasteiger partial charge in [-0.15, -0.1) is 0 Å². The molecule has 5 heteroatoms. The molecule has 1 aromatic heterocycles. The first-order valence-electron chi connectivity index (χ1n) is 3.87. The molecular formula is C8H11N3O2. The number of hydrogen-bond donors (Lipinski definition) is 2. The van der Waals surface area contributed by atoms with Crippen LogP contribution in [0.25, 0.3) is 0 Å². The molecule has 2 N–H and O–H groups in total. The Labute approximate surface area is 75.8 Å². The average Bonchev–Trinajstić information content (AvgIpc) is 2.17. The minimum absolute atomic E-state index is 0.0304. The van der Waals surface area contributed by atoms with Crippen molar-refractivity contribution in [3.63, 3.8) is 0 Å². The lowest BCUT2D eigenvalue weighted by molar-refractivity contribution is 0.0696. The van der Waals surface area contributed by atoms with Gasteiger partial charge in [0.2, 0.25) is 0 Å². The van der Waals surface area contributed by atoms with Crippen LogP contribution in [0.5, 0.6) is 0 Å². The van der Waals surface area contributed by atoms with E-state index in [2.05, 4.69) is 15.3 Å². The van der Waals surface area contributed by atoms with E-state index >= 15 is 0 Å². The number of carboxylic acid groups (broad SMARTS) is 1. The first kappa shape index (κ1) is 9.60. The lowest BCUT2D eigenvalue weighted by Crippen LogP contribution is -2.15. The summed E-state index contributed by atoms with van der Waals surface area (Å²) in [5.41, 5.74) is 0.104. The maximum Gasteiger partial charge on any atom is 0.338 e. The second-order valence-electron chi connectivity index (χ2n) is 2.65. The number of rotatable bonds is 3. The summed E-state index contributed by atoms with van der Waals surface area (Å²) in [6, 6.07) is 0.0304. The molecule has 0 radical (unpaired) electrons. The minimum Gasteiger partial charge on any atom is -0.478 e. The molecule has 1 aromatic rings. The molecule has 0 saturated carbocycles. The van der Waals surface area contributed by atoms with Crippen molar-refractivity contribution in [1.82, 2.24) is 15.3 Å². The molecule has 70 valence electrons. The molecule has 0 spiro atoms. The highest BCUT2D eigenvalue weighted by Crippen LogP contribution is 2.04. The summed E-state index contributed by atoms with van der Waals surface area (Å²) in [5, 5.41) is 11.5. The van der Waals surface area contributed by atoms with Gasteiger partial charge in [0, 0.05) is 12.4 Å². The Morgan fingerprint density at radius 2 is 2.08 bits per heavy atom. The van der Waals surface area contributed by atoms with E-state index in [1.54, 1.807) is 7.05 Å². The lowest BCUT2D eigenvalue weighted by atomic mass is 10.3. The van der Waals surface area contributed by atoms with Crippen LogP contribution in [0, 0.1) is 0 Å². The summed E-state index contributed by atoms with van der Waals surface area (Å²) in [5.74, 6) is -0.420. The molecule has 1 unspecified atom stereocenters. The number of aromatic carboxylic acids is 1. The third-order valence-electron chi connectivity index (χ3n) is 1.74. The predicted molar refractivity (Wildman–Crippen MR) is 46.5 cm³/mol. The van der Waals surface area contributed by atoms with Crippen LogP contribution in [0.15, 0.2) is 12.4 Å². The molecule has 0 aliphatic rings. The summed E-state index contributed by atoms with van der Waals surface area (Å²) in [6.07, 6.45) is 2.61. The monoisotopic (exact) mass is 181 g/mol. The highest BCUT2D eigenvalue weighted by molar-refractivity contribution is 5.86. The zero-order valence-corrected chi connectivity index (χ0v) is 7.48. The van der Waals surface area contributed by atoms with Gasteiger partial charge in [0.1, 0.15) is 5.82 Å². The van der Waals surface area contributed by atoms with E-state index in [9.17, 15) is 4.79 Å². The Morgan fingerprint density at radius 3 is 2.46 bits per heavy atom. The molecule has 0 bridgehead atoms. The first-order valence-corrected chi connectivity index (χ1v) is 3.87. The second kappa shape index (κ2) is 3.95. The van der Waals surface area contributed by atoms with Crippen LogP contribution < -0.4 is 5.32 Å². The summed E-state index contributed by atoms with van der Waals surface area (Å²) < 4.78 is 0. The fourth-order valence-corrected chi connectivity index (χ4v) is 0.801. The van der Waals surface area contributed by atoms with Gasteiger partial charge in [-0.1, -0.05) is 0 Å². The van der Waals surface area contributed by atoms with Crippen LogP contribution in [0.1, 0.15) is 29.1 Å². The minimum atomic E-state index is -1.01. The summed E-state index contributed by atoms with van der Waals surface area (Å²) in [4.78, 5) is 18.3. The third kappa shape index (κ3) is 2.22.